The summed E-state index contributed by atoms with van der Waals surface area (Å²) in [6.45, 7) is 0. The second-order valence-corrected chi connectivity index (χ2v) is 6.39. The van der Waals surface area contributed by atoms with Crippen LogP contribution in [0.3, 0.4) is 0 Å². The molecule has 0 spiro atoms. The van der Waals surface area contributed by atoms with E-state index in [4.69, 9.17) is 0 Å². The lowest BCUT2D eigenvalue weighted by atomic mass is 10.2. The molecule has 3 rings (SSSR count). The van der Waals surface area contributed by atoms with E-state index in [-0.39, 0.29) is 5.82 Å². The van der Waals surface area contributed by atoms with E-state index in [0.29, 0.717) is 10.8 Å². The molecule has 6 heteroatoms. The van der Waals surface area contributed by atoms with E-state index in [1.807, 2.05) is 0 Å². The predicted octanol–water partition coefficient (Wildman–Crippen LogP) is 4.42. The molecule has 2 aromatic carbocycles. The van der Waals surface area contributed by atoms with Gasteiger partial charge in [-0.2, -0.15) is 0 Å². The maximum absolute atomic E-state index is 13.9. The fourth-order valence-corrected chi connectivity index (χ4v) is 3.29. The fraction of sp³-hybridized carbons (Fsp3) is 0.125. The minimum absolute atomic E-state index is 0.284. The third-order valence-corrected chi connectivity index (χ3v) is 4.91. The highest BCUT2D eigenvalue weighted by molar-refractivity contribution is 7.98. The lowest BCUT2D eigenvalue weighted by Gasteiger charge is -2.07. The lowest BCUT2D eigenvalue weighted by molar-refractivity contribution is 0.613. The minimum atomic E-state index is -0.284. The Bertz CT molecular complexity index is 756. The summed E-state index contributed by atoms with van der Waals surface area (Å²) in [5, 5.41) is 8.67. The highest BCUT2D eigenvalue weighted by Gasteiger charge is 2.10. The van der Waals surface area contributed by atoms with Crippen molar-refractivity contribution in [2.45, 2.75) is 15.8 Å². The second kappa shape index (κ2) is 6.98. The zero-order valence-corrected chi connectivity index (χ0v) is 13.6. The highest BCUT2D eigenvalue weighted by atomic mass is 32.2. The van der Waals surface area contributed by atoms with Crippen molar-refractivity contribution in [3.63, 3.8) is 0 Å². The van der Waals surface area contributed by atoms with E-state index in [1.165, 1.54) is 34.6 Å². The van der Waals surface area contributed by atoms with Crippen molar-refractivity contribution in [2.24, 2.45) is 0 Å². The van der Waals surface area contributed by atoms with E-state index in [0.717, 1.165) is 5.75 Å². The molecule has 22 heavy (non-hydrogen) atoms. The van der Waals surface area contributed by atoms with Gasteiger partial charge >= 0.3 is 0 Å². The normalized spacial score (nSPS) is 10.8. The van der Waals surface area contributed by atoms with E-state index in [9.17, 15) is 4.39 Å². The molecule has 1 heterocycles. The predicted molar refractivity (Wildman–Crippen MR) is 89.1 cm³/mol. The van der Waals surface area contributed by atoms with Gasteiger partial charge in [-0.3, -0.25) is 4.57 Å². The first-order chi connectivity index (χ1) is 10.8. The summed E-state index contributed by atoms with van der Waals surface area (Å²) < 4.78 is 15.6. The molecule has 0 saturated carbocycles. The molecule has 0 fully saturated rings. The average Bonchev–Trinajstić information content (AvgIpc) is 3.02. The van der Waals surface area contributed by atoms with Gasteiger partial charge in [0.05, 0.1) is 5.69 Å². The van der Waals surface area contributed by atoms with Crippen LogP contribution < -0.4 is 0 Å². The Hall–Kier alpha value is -1.79. The van der Waals surface area contributed by atoms with Crippen LogP contribution in [0.15, 0.2) is 64.9 Å². The Morgan fingerprint density at radius 2 is 1.86 bits per heavy atom. The first kappa shape index (κ1) is 15.1. The molecule has 0 saturated heterocycles. The SMILES string of the molecule is CSc1ccc(CSc2nncn2-c2ccccc2F)cc1. The third kappa shape index (κ3) is 3.34. The Labute approximate surface area is 137 Å². The molecule has 1 aromatic heterocycles. The molecule has 3 aromatic rings. The van der Waals surface area contributed by atoms with Gasteiger partial charge in [0.25, 0.3) is 0 Å². The molecular formula is C16H14FN3S2. The van der Waals surface area contributed by atoms with Gasteiger partial charge in [-0.1, -0.05) is 36.0 Å². The van der Waals surface area contributed by atoms with E-state index < -0.39 is 0 Å². The van der Waals surface area contributed by atoms with Crippen molar-refractivity contribution >= 4 is 23.5 Å². The highest BCUT2D eigenvalue weighted by Crippen LogP contribution is 2.25. The quantitative estimate of drug-likeness (QED) is 0.648. The number of hydrogen-bond donors (Lipinski definition) is 0. The number of benzene rings is 2. The van der Waals surface area contributed by atoms with Crippen LogP contribution in [-0.4, -0.2) is 21.0 Å². The summed E-state index contributed by atoms with van der Waals surface area (Å²) in [6.07, 6.45) is 3.60. The van der Waals surface area contributed by atoms with Gasteiger partial charge in [0.1, 0.15) is 12.1 Å². The molecule has 3 nitrogen and oxygen atoms in total. The summed E-state index contributed by atoms with van der Waals surface area (Å²) in [4.78, 5) is 1.24. The van der Waals surface area contributed by atoms with E-state index in [2.05, 4.69) is 40.7 Å². The topological polar surface area (TPSA) is 30.7 Å². The van der Waals surface area contributed by atoms with Crippen LogP contribution in [0.25, 0.3) is 5.69 Å². The van der Waals surface area contributed by atoms with Crippen LogP contribution in [0.5, 0.6) is 0 Å². The molecule has 112 valence electrons. The third-order valence-electron chi connectivity index (χ3n) is 3.16. The monoisotopic (exact) mass is 331 g/mol. The Kier molecular flexibility index (Phi) is 4.80. The fourth-order valence-electron chi connectivity index (χ4n) is 2.00. The van der Waals surface area contributed by atoms with Crippen LogP contribution in [0.2, 0.25) is 0 Å². The van der Waals surface area contributed by atoms with Crippen LogP contribution in [-0.2, 0) is 5.75 Å². The number of thioether (sulfide) groups is 2. The van der Waals surface area contributed by atoms with Crippen molar-refractivity contribution in [2.75, 3.05) is 6.26 Å². The zero-order valence-electron chi connectivity index (χ0n) is 11.9. The molecule has 0 aliphatic carbocycles. The molecule has 0 atom stereocenters. The number of hydrogen-bond acceptors (Lipinski definition) is 4. The van der Waals surface area contributed by atoms with Crippen molar-refractivity contribution in [1.82, 2.24) is 14.8 Å². The smallest absolute Gasteiger partial charge is 0.196 e. The van der Waals surface area contributed by atoms with E-state index >= 15 is 0 Å². The number of aromatic nitrogens is 3. The number of para-hydroxylation sites is 1. The Morgan fingerprint density at radius 1 is 1.09 bits per heavy atom. The molecular weight excluding hydrogens is 317 g/mol. The maximum atomic E-state index is 13.9. The summed E-state index contributed by atoms with van der Waals surface area (Å²) in [5.41, 5.74) is 1.67. The van der Waals surface area contributed by atoms with Crippen LogP contribution in [0.1, 0.15) is 5.56 Å². The second-order valence-electron chi connectivity index (χ2n) is 4.57. The largest absolute Gasteiger partial charge is 0.274 e. The van der Waals surface area contributed by atoms with Gasteiger partial charge in [-0.25, -0.2) is 4.39 Å². The maximum Gasteiger partial charge on any atom is 0.196 e. The molecule has 0 aliphatic heterocycles. The minimum Gasteiger partial charge on any atom is -0.274 e. The van der Waals surface area contributed by atoms with E-state index in [1.54, 1.807) is 34.5 Å². The Morgan fingerprint density at radius 3 is 2.59 bits per heavy atom. The van der Waals surface area contributed by atoms with Crippen LogP contribution in [0, 0.1) is 5.82 Å². The van der Waals surface area contributed by atoms with Crippen molar-refractivity contribution < 1.29 is 4.39 Å². The van der Waals surface area contributed by atoms with Gasteiger partial charge in [-0.05, 0) is 36.1 Å². The molecule has 0 unspecified atom stereocenters. The summed E-state index contributed by atoms with van der Waals surface area (Å²) in [5.74, 6) is 0.482. The van der Waals surface area contributed by atoms with Gasteiger partial charge in [0.15, 0.2) is 5.16 Å². The van der Waals surface area contributed by atoms with Gasteiger partial charge < -0.3 is 0 Å². The standard InChI is InChI=1S/C16H14FN3S2/c1-21-13-8-6-12(7-9-13)10-22-16-19-18-11-20(16)15-5-3-2-4-14(15)17/h2-9,11H,10H2,1H3. The average molecular weight is 331 g/mol. The molecule has 0 aliphatic rings. The molecule has 0 radical (unpaired) electrons. The number of halogens is 1. The van der Waals surface area contributed by atoms with Crippen LogP contribution >= 0.6 is 23.5 Å². The number of rotatable bonds is 5. The van der Waals surface area contributed by atoms with Gasteiger partial charge in [0.2, 0.25) is 0 Å². The van der Waals surface area contributed by atoms with Crippen molar-refractivity contribution in [3.05, 3.63) is 66.2 Å². The molecule has 0 amide bonds. The Balaban J connectivity index is 1.76. The van der Waals surface area contributed by atoms with Crippen molar-refractivity contribution in [1.29, 1.82) is 0 Å². The van der Waals surface area contributed by atoms with Gasteiger partial charge in [-0.15, -0.1) is 22.0 Å². The zero-order chi connectivity index (χ0) is 15.4. The summed E-state index contributed by atoms with van der Waals surface area (Å²) in [7, 11) is 0. The van der Waals surface area contributed by atoms with Crippen molar-refractivity contribution in [3.8, 4) is 5.69 Å². The number of nitrogens with zero attached hydrogens (tertiary/aromatic N) is 3. The lowest BCUT2D eigenvalue weighted by Crippen LogP contribution is -1.98. The van der Waals surface area contributed by atoms with Gasteiger partial charge in [0, 0.05) is 10.6 Å². The molecule has 0 N–H and O–H groups in total. The van der Waals surface area contributed by atoms with Crippen LogP contribution in [0.4, 0.5) is 4.39 Å². The summed E-state index contributed by atoms with van der Waals surface area (Å²) in [6, 6.07) is 15.0. The first-order valence-corrected chi connectivity index (χ1v) is 8.89. The molecule has 0 bridgehead atoms. The first-order valence-electron chi connectivity index (χ1n) is 6.68. The summed E-state index contributed by atoms with van der Waals surface area (Å²) >= 11 is 3.26.